The Kier molecular flexibility index (Phi) is 5.10. The number of likely N-dealkylation sites (tertiary alicyclic amines) is 1. The first kappa shape index (κ1) is 20.2. The van der Waals surface area contributed by atoms with Gasteiger partial charge in [-0.2, -0.15) is 10.0 Å². The number of hydrazone groups is 1. The zero-order valence-electron chi connectivity index (χ0n) is 16.9. The molecule has 1 N–H and O–H groups in total. The van der Waals surface area contributed by atoms with E-state index in [1.165, 1.54) is 41.4 Å². The number of fused-ring (bicyclic) bond motifs is 1. The first-order chi connectivity index (χ1) is 15.5. The van der Waals surface area contributed by atoms with Crippen molar-refractivity contribution >= 4 is 45.6 Å². The summed E-state index contributed by atoms with van der Waals surface area (Å²) in [5.41, 5.74) is 0.567. The summed E-state index contributed by atoms with van der Waals surface area (Å²) < 4.78 is 5.77. The van der Waals surface area contributed by atoms with Crippen LogP contribution in [0.25, 0.3) is 17.4 Å². The molecule has 5 rings (SSSR count). The van der Waals surface area contributed by atoms with Crippen LogP contribution >= 0.6 is 11.8 Å². The summed E-state index contributed by atoms with van der Waals surface area (Å²) in [4.78, 5) is 29.4. The van der Waals surface area contributed by atoms with E-state index in [-0.39, 0.29) is 17.1 Å². The maximum absolute atomic E-state index is 12.6. The zero-order valence-corrected chi connectivity index (χ0v) is 17.7. The van der Waals surface area contributed by atoms with Crippen LogP contribution in [0.5, 0.6) is 0 Å². The van der Waals surface area contributed by atoms with Crippen molar-refractivity contribution in [2.75, 3.05) is 13.1 Å². The fourth-order valence-corrected chi connectivity index (χ4v) is 4.64. The number of thioether (sulfide) groups is 1. The minimum Gasteiger partial charge on any atom is -0.457 e. The van der Waals surface area contributed by atoms with Gasteiger partial charge in [-0.1, -0.05) is 12.1 Å². The summed E-state index contributed by atoms with van der Waals surface area (Å²) >= 11 is 1.31. The predicted molar refractivity (Wildman–Crippen MR) is 121 cm³/mol. The predicted octanol–water partition coefficient (Wildman–Crippen LogP) is 3.92. The van der Waals surface area contributed by atoms with Crippen LogP contribution in [0.3, 0.4) is 0 Å². The van der Waals surface area contributed by atoms with E-state index in [1.807, 2.05) is 0 Å². The lowest BCUT2D eigenvalue weighted by Crippen LogP contribution is -2.35. The maximum atomic E-state index is 12.6. The lowest BCUT2D eigenvalue weighted by atomic mass is 10.1. The van der Waals surface area contributed by atoms with E-state index in [4.69, 9.17) is 9.83 Å². The number of hydrogen-bond donors (Lipinski definition) is 1. The second kappa shape index (κ2) is 8.08. The Labute approximate surface area is 186 Å². The largest absolute Gasteiger partial charge is 0.457 e. The van der Waals surface area contributed by atoms with Crippen molar-refractivity contribution in [2.45, 2.75) is 19.3 Å². The second-order valence-corrected chi connectivity index (χ2v) is 8.39. The number of carbonyl (C=O) groups excluding carboxylic acids is 1. The number of benzene rings is 1. The molecule has 162 valence electrons. The third-order valence-electron chi connectivity index (χ3n) is 5.33. The van der Waals surface area contributed by atoms with Crippen molar-refractivity contribution < 1.29 is 14.1 Å². The Hall–Kier alpha value is -3.73. The molecule has 1 fully saturated rings. The lowest BCUT2D eigenvalue weighted by Gasteiger charge is -2.26. The summed E-state index contributed by atoms with van der Waals surface area (Å²) in [7, 11) is 0. The third-order valence-corrected chi connectivity index (χ3v) is 6.29. The fourth-order valence-electron chi connectivity index (χ4n) is 3.70. The van der Waals surface area contributed by atoms with Gasteiger partial charge in [0.25, 0.3) is 11.6 Å². The van der Waals surface area contributed by atoms with Crippen LogP contribution in [0, 0.1) is 15.5 Å². The Bertz CT molecular complexity index is 1220. The molecule has 0 spiro atoms. The van der Waals surface area contributed by atoms with Crippen LogP contribution in [0.2, 0.25) is 0 Å². The molecule has 3 aliphatic rings. The molecule has 0 unspecified atom stereocenters. The van der Waals surface area contributed by atoms with Gasteiger partial charge in [-0.15, -0.1) is 5.10 Å². The molecule has 1 saturated heterocycles. The average Bonchev–Trinajstić information content (AvgIpc) is 3.45. The number of carbonyl (C=O) groups is 1. The molecule has 1 amide bonds. The first-order valence-electron chi connectivity index (χ1n) is 10.1. The minimum atomic E-state index is -0.530. The molecule has 10 nitrogen and oxygen atoms in total. The Morgan fingerprint density at radius 1 is 1.16 bits per heavy atom. The highest BCUT2D eigenvalue weighted by atomic mass is 32.2. The molecule has 4 heterocycles. The van der Waals surface area contributed by atoms with Gasteiger partial charge in [0.2, 0.25) is 5.17 Å². The number of nitrogens with one attached hydrogen (secondary N) is 1. The van der Waals surface area contributed by atoms with Crippen LogP contribution in [0.15, 0.2) is 56.5 Å². The molecule has 0 radical (unpaired) electrons. The topological polar surface area (TPSA) is 128 Å². The lowest BCUT2D eigenvalue weighted by molar-refractivity contribution is -0.384. The number of non-ortho nitro benzene ring substituents is 1. The highest BCUT2D eigenvalue weighted by Crippen LogP contribution is 2.32. The highest BCUT2D eigenvalue weighted by molar-refractivity contribution is 8.26. The number of nitro benzene ring substituents is 1. The van der Waals surface area contributed by atoms with E-state index in [1.54, 1.807) is 24.3 Å². The fraction of sp³-hybridized carbons (Fsp3) is 0.238. The van der Waals surface area contributed by atoms with E-state index in [2.05, 4.69) is 15.0 Å². The summed E-state index contributed by atoms with van der Waals surface area (Å²) in [6, 6.07) is 9.40. The van der Waals surface area contributed by atoms with Crippen molar-refractivity contribution in [3.63, 3.8) is 0 Å². The minimum absolute atomic E-state index is 0.0428. The molecule has 2 aromatic rings. The smallest absolute Gasteiger partial charge is 0.283 e. The summed E-state index contributed by atoms with van der Waals surface area (Å²) in [5, 5.41) is 26.6. The Morgan fingerprint density at radius 3 is 2.75 bits per heavy atom. The van der Waals surface area contributed by atoms with E-state index in [9.17, 15) is 14.9 Å². The van der Waals surface area contributed by atoms with Gasteiger partial charge in [-0.05, 0) is 49.2 Å². The third kappa shape index (κ3) is 3.71. The van der Waals surface area contributed by atoms with Gasteiger partial charge in [-0.3, -0.25) is 20.3 Å². The molecule has 11 heteroatoms. The number of amides is 1. The van der Waals surface area contributed by atoms with Crippen LogP contribution in [0.1, 0.15) is 25.0 Å². The van der Waals surface area contributed by atoms with Gasteiger partial charge in [0, 0.05) is 30.8 Å². The molecular weight excluding hydrogens is 432 g/mol. The van der Waals surface area contributed by atoms with Gasteiger partial charge in [0.05, 0.1) is 10.5 Å². The number of nitro groups is 1. The second-order valence-electron chi connectivity index (χ2n) is 7.46. The zero-order chi connectivity index (χ0) is 22.2. The van der Waals surface area contributed by atoms with Crippen molar-refractivity contribution in [2.24, 2.45) is 10.1 Å². The van der Waals surface area contributed by atoms with Gasteiger partial charge in [-0.25, -0.2) is 0 Å². The number of nitrogens with zero attached hydrogens (tertiary/aromatic N) is 5. The Morgan fingerprint density at radius 2 is 1.97 bits per heavy atom. The SMILES string of the molecule is N=C1/C(=C/c2ccc(-c3cccc([N+](=O)[O-])c3)o2)C(=O)N=C2SC(N3CCCCC3)=NN12. The van der Waals surface area contributed by atoms with E-state index in [0.717, 1.165) is 31.1 Å². The van der Waals surface area contributed by atoms with Gasteiger partial charge in [0.15, 0.2) is 11.0 Å². The van der Waals surface area contributed by atoms with Gasteiger partial charge < -0.3 is 9.32 Å². The monoisotopic (exact) mass is 450 g/mol. The highest BCUT2D eigenvalue weighted by Gasteiger charge is 2.37. The molecule has 1 aromatic carbocycles. The average molecular weight is 450 g/mol. The quantitative estimate of drug-likeness (QED) is 0.426. The molecule has 1 aromatic heterocycles. The van der Waals surface area contributed by atoms with Crippen molar-refractivity contribution in [3.05, 3.63) is 57.8 Å². The standard InChI is InChI=1S/C21H18N6O4S/c22-18-16(12-15-7-8-17(31-15)13-5-4-6-14(11-13)27(29)30)19(28)23-20-26(18)24-21(32-20)25-9-2-1-3-10-25/h4-8,11-12,22H,1-3,9-10H2/b16-12-,22-18?. The van der Waals surface area contributed by atoms with Crippen molar-refractivity contribution in [1.82, 2.24) is 9.91 Å². The van der Waals surface area contributed by atoms with Crippen LogP contribution in [-0.2, 0) is 4.79 Å². The molecule has 0 saturated carbocycles. The van der Waals surface area contributed by atoms with Crippen LogP contribution in [-0.4, -0.2) is 50.0 Å². The number of piperidine rings is 1. The van der Waals surface area contributed by atoms with E-state index < -0.39 is 10.8 Å². The molecule has 3 aliphatic heterocycles. The molecule has 0 aliphatic carbocycles. The Balaban J connectivity index is 1.40. The summed E-state index contributed by atoms with van der Waals surface area (Å²) in [6.07, 6.45) is 4.84. The van der Waals surface area contributed by atoms with Crippen LogP contribution < -0.4 is 0 Å². The number of rotatable bonds is 3. The van der Waals surface area contributed by atoms with E-state index >= 15 is 0 Å². The van der Waals surface area contributed by atoms with E-state index in [0.29, 0.717) is 22.3 Å². The van der Waals surface area contributed by atoms with Crippen LogP contribution in [0.4, 0.5) is 5.69 Å². The molecule has 32 heavy (non-hydrogen) atoms. The number of amidine groups is 3. The van der Waals surface area contributed by atoms with Crippen molar-refractivity contribution in [3.8, 4) is 11.3 Å². The molecule has 0 atom stereocenters. The van der Waals surface area contributed by atoms with Crippen molar-refractivity contribution in [1.29, 1.82) is 5.41 Å². The number of hydrogen-bond acceptors (Lipinski definition) is 8. The van der Waals surface area contributed by atoms with Gasteiger partial charge in [0.1, 0.15) is 11.5 Å². The summed E-state index contributed by atoms with van der Waals surface area (Å²) in [6.45, 7) is 1.81. The van der Waals surface area contributed by atoms with Gasteiger partial charge >= 0.3 is 0 Å². The maximum Gasteiger partial charge on any atom is 0.283 e. The normalized spacial score (nSPS) is 19.8. The number of furan rings is 1. The first-order valence-corrected chi connectivity index (χ1v) is 10.9. The summed E-state index contributed by atoms with van der Waals surface area (Å²) in [5.74, 6) is 0.164. The number of aliphatic imine (C=N–C) groups is 1. The molecular formula is C21H18N6O4S. The molecule has 0 bridgehead atoms.